The zero-order valence-corrected chi connectivity index (χ0v) is 8.58. The van der Waals surface area contributed by atoms with Gasteiger partial charge in [0.2, 0.25) is 0 Å². The summed E-state index contributed by atoms with van der Waals surface area (Å²) in [6, 6.07) is 5.62. The quantitative estimate of drug-likeness (QED) is 0.655. The van der Waals surface area contributed by atoms with E-state index in [-0.39, 0.29) is 5.78 Å². The molecule has 0 saturated heterocycles. The Hall–Kier alpha value is -0.860. The smallest absolute Gasteiger partial charge is 0.161 e. The van der Waals surface area contributed by atoms with E-state index in [0.717, 1.165) is 20.7 Å². The van der Waals surface area contributed by atoms with Crippen LogP contribution in [-0.4, -0.2) is 5.78 Å². The van der Waals surface area contributed by atoms with Crippen molar-refractivity contribution in [2.24, 2.45) is 0 Å². The zero-order valence-electron chi connectivity index (χ0n) is 7.00. The fourth-order valence-electron chi connectivity index (χ4n) is 1.30. The molecule has 0 aliphatic rings. The number of fused-ring (bicyclic) bond motifs is 1. The molecule has 0 aliphatic heterocycles. The number of ketones is 1. The molecule has 0 bridgehead atoms. The maximum absolute atomic E-state index is 11.2. The number of halogens is 1. The predicted octanol–water partition coefficient (Wildman–Crippen LogP) is 3.76. The maximum Gasteiger partial charge on any atom is 0.161 e. The third kappa shape index (κ3) is 1.36. The highest BCUT2D eigenvalue weighted by molar-refractivity contribution is 7.18. The lowest BCUT2D eigenvalue weighted by molar-refractivity contribution is 0.101. The fraction of sp³-hybridized carbons (Fsp3) is 0.100. The second-order valence-electron chi connectivity index (χ2n) is 2.82. The molecule has 66 valence electrons. The Balaban J connectivity index is 2.84. The first kappa shape index (κ1) is 8.73. The van der Waals surface area contributed by atoms with Crippen LogP contribution in [-0.2, 0) is 0 Å². The first-order valence-corrected chi connectivity index (χ1v) is 5.12. The maximum atomic E-state index is 11.2. The van der Waals surface area contributed by atoms with E-state index in [4.69, 9.17) is 11.6 Å². The molecular weight excluding hydrogens is 204 g/mol. The lowest BCUT2D eigenvalue weighted by Gasteiger charge is -1.96. The van der Waals surface area contributed by atoms with E-state index in [0.29, 0.717) is 0 Å². The molecule has 0 fully saturated rings. The molecule has 2 rings (SSSR count). The lowest BCUT2D eigenvalue weighted by Crippen LogP contribution is -1.90. The first-order chi connectivity index (χ1) is 6.20. The molecule has 1 heterocycles. The number of Topliss-reactive ketones (excluding diaryl/α,β-unsaturated/α-hetero) is 1. The predicted molar refractivity (Wildman–Crippen MR) is 56.8 cm³/mol. The Bertz CT molecular complexity index is 473. The van der Waals surface area contributed by atoms with Crippen molar-refractivity contribution in [3.8, 4) is 0 Å². The summed E-state index contributed by atoms with van der Waals surface area (Å²) in [4.78, 5) is 11.2. The molecule has 1 nitrogen and oxygen atoms in total. The van der Waals surface area contributed by atoms with Crippen LogP contribution in [0, 0.1) is 0 Å². The van der Waals surface area contributed by atoms with E-state index in [1.165, 1.54) is 11.3 Å². The van der Waals surface area contributed by atoms with Gasteiger partial charge in [-0.1, -0.05) is 23.7 Å². The van der Waals surface area contributed by atoms with Crippen LogP contribution in [0.1, 0.15) is 17.3 Å². The molecule has 0 N–H and O–H groups in total. The van der Waals surface area contributed by atoms with Crippen LogP contribution >= 0.6 is 22.9 Å². The van der Waals surface area contributed by atoms with Crippen LogP contribution in [0.2, 0.25) is 5.02 Å². The molecule has 0 aliphatic carbocycles. The van der Waals surface area contributed by atoms with Gasteiger partial charge in [0, 0.05) is 21.0 Å². The van der Waals surface area contributed by atoms with Crippen molar-refractivity contribution >= 4 is 38.8 Å². The highest BCUT2D eigenvalue weighted by Crippen LogP contribution is 2.32. The molecule has 0 spiro atoms. The van der Waals surface area contributed by atoms with Crippen molar-refractivity contribution in [2.45, 2.75) is 6.92 Å². The van der Waals surface area contributed by atoms with Gasteiger partial charge in [0.1, 0.15) is 0 Å². The van der Waals surface area contributed by atoms with Gasteiger partial charge in [0.25, 0.3) is 0 Å². The number of benzene rings is 1. The summed E-state index contributed by atoms with van der Waals surface area (Å²) in [5, 5.41) is 3.56. The molecule has 0 radical (unpaired) electrons. The average Bonchev–Trinajstić information content (AvgIpc) is 2.48. The monoisotopic (exact) mass is 210 g/mol. The van der Waals surface area contributed by atoms with Gasteiger partial charge in [-0.05, 0) is 13.0 Å². The number of carbonyl (C=O) groups excluding carboxylic acids is 1. The summed E-state index contributed by atoms with van der Waals surface area (Å²) < 4.78 is 0.986. The molecule has 1 aromatic carbocycles. The summed E-state index contributed by atoms with van der Waals surface area (Å²) in [6.07, 6.45) is 0. The van der Waals surface area contributed by atoms with Gasteiger partial charge >= 0.3 is 0 Å². The van der Waals surface area contributed by atoms with Crippen LogP contribution in [0.25, 0.3) is 10.1 Å². The highest BCUT2D eigenvalue weighted by atomic mass is 35.5. The fourth-order valence-corrected chi connectivity index (χ4v) is 2.64. The summed E-state index contributed by atoms with van der Waals surface area (Å²) in [5.74, 6) is 0.0871. The molecule has 0 saturated carbocycles. The van der Waals surface area contributed by atoms with Gasteiger partial charge in [0.15, 0.2) is 5.78 Å². The molecule has 3 heteroatoms. The summed E-state index contributed by atoms with van der Waals surface area (Å²) in [7, 11) is 0. The second kappa shape index (κ2) is 3.13. The molecular formula is C10H7ClOS. The van der Waals surface area contributed by atoms with Crippen molar-refractivity contribution in [3.05, 3.63) is 34.2 Å². The van der Waals surface area contributed by atoms with Crippen molar-refractivity contribution in [1.29, 1.82) is 0 Å². The van der Waals surface area contributed by atoms with Gasteiger partial charge in [-0.2, -0.15) is 0 Å². The Morgan fingerprint density at radius 2 is 2.23 bits per heavy atom. The van der Waals surface area contributed by atoms with E-state index in [9.17, 15) is 4.79 Å². The molecule has 0 unspecified atom stereocenters. The highest BCUT2D eigenvalue weighted by Gasteiger charge is 2.08. The molecule has 13 heavy (non-hydrogen) atoms. The van der Waals surface area contributed by atoms with E-state index in [1.807, 2.05) is 23.6 Å². The summed E-state index contributed by atoms with van der Waals surface area (Å²) in [5.41, 5.74) is 0.759. The summed E-state index contributed by atoms with van der Waals surface area (Å²) in [6.45, 7) is 1.57. The SMILES string of the molecule is CC(=O)c1cccc2c(Cl)csc12. The lowest BCUT2D eigenvalue weighted by atomic mass is 10.1. The van der Waals surface area contributed by atoms with Crippen molar-refractivity contribution in [3.63, 3.8) is 0 Å². The average molecular weight is 211 g/mol. The number of hydrogen-bond donors (Lipinski definition) is 0. The number of carbonyl (C=O) groups is 1. The number of thiophene rings is 1. The third-order valence-electron chi connectivity index (χ3n) is 1.93. The van der Waals surface area contributed by atoms with Gasteiger partial charge in [-0.25, -0.2) is 0 Å². The van der Waals surface area contributed by atoms with Crippen LogP contribution < -0.4 is 0 Å². The minimum Gasteiger partial charge on any atom is -0.294 e. The third-order valence-corrected chi connectivity index (χ3v) is 3.40. The molecule has 0 atom stereocenters. The zero-order chi connectivity index (χ0) is 9.42. The normalized spacial score (nSPS) is 10.6. The Labute approximate surface area is 84.9 Å². The Morgan fingerprint density at radius 1 is 1.46 bits per heavy atom. The van der Waals surface area contributed by atoms with E-state index >= 15 is 0 Å². The number of hydrogen-bond acceptors (Lipinski definition) is 2. The van der Waals surface area contributed by atoms with E-state index in [1.54, 1.807) is 6.92 Å². The van der Waals surface area contributed by atoms with Crippen molar-refractivity contribution in [2.75, 3.05) is 0 Å². The van der Waals surface area contributed by atoms with Gasteiger partial charge in [-0.3, -0.25) is 4.79 Å². The Morgan fingerprint density at radius 3 is 2.92 bits per heavy atom. The Kier molecular flexibility index (Phi) is 2.10. The first-order valence-electron chi connectivity index (χ1n) is 3.87. The van der Waals surface area contributed by atoms with Crippen LogP contribution in [0.15, 0.2) is 23.6 Å². The minimum atomic E-state index is 0.0871. The molecule has 2 aromatic rings. The summed E-state index contributed by atoms with van der Waals surface area (Å²) >= 11 is 7.46. The topological polar surface area (TPSA) is 17.1 Å². The minimum absolute atomic E-state index is 0.0871. The second-order valence-corrected chi connectivity index (χ2v) is 4.11. The largest absolute Gasteiger partial charge is 0.294 e. The van der Waals surface area contributed by atoms with Crippen LogP contribution in [0.5, 0.6) is 0 Å². The standard InChI is InChI=1S/C10H7ClOS/c1-6(12)7-3-2-4-8-9(11)5-13-10(7)8/h2-5H,1H3. The number of rotatable bonds is 1. The molecule has 1 aromatic heterocycles. The van der Waals surface area contributed by atoms with Crippen molar-refractivity contribution in [1.82, 2.24) is 0 Å². The van der Waals surface area contributed by atoms with E-state index in [2.05, 4.69) is 0 Å². The van der Waals surface area contributed by atoms with Crippen LogP contribution in [0.4, 0.5) is 0 Å². The van der Waals surface area contributed by atoms with Gasteiger partial charge in [0.05, 0.1) is 5.02 Å². The van der Waals surface area contributed by atoms with Crippen molar-refractivity contribution < 1.29 is 4.79 Å². The molecule has 0 amide bonds. The van der Waals surface area contributed by atoms with Crippen LogP contribution in [0.3, 0.4) is 0 Å². The van der Waals surface area contributed by atoms with Gasteiger partial charge in [-0.15, -0.1) is 11.3 Å². The van der Waals surface area contributed by atoms with Gasteiger partial charge < -0.3 is 0 Å². The van der Waals surface area contributed by atoms with E-state index < -0.39 is 0 Å².